The summed E-state index contributed by atoms with van der Waals surface area (Å²) in [5.41, 5.74) is 5.27. The first-order valence-electron chi connectivity index (χ1n) is 7.32. The van der Waals surface area contributed by atoms with E-state index < -0.39 is 11.9 Å². The van der Waals surface area contributed by atoms with E-state index >= 15 is 0 Å². The zero-order valence-corrected chi connectivity index (χ0v) is 13.2. The maximum Gasteiger partial charge on any atom is 0.404 e. The lowest BCUT2D eigenvalue weighted by Crippen LogP contribution is -2.42. The number of ether oxygens (including phenoxy) is 1. The van der Waals surface area contributed by atoms with Gasteiger partial charge in [0.15, 0.2) is 0 Å². The summed E-state index contributed by atoms with van der Waals surface area (Å²) in [4.78, 5) is 22.2. The summed E-state index contributed by atoms with van der Waals surface area (Å²) >= 11 is 5.67. The summed E-state index contributed by atoms with van der Waals surface area (Å²) in [7, 11) is 0. The van der Waals surface area contributed by atoms with Gasteiger partial charge in [-0.05, 0) is 31.4 Å². The first-order chi connectivity index (χ1) is 11.0. The smallest absolute Gasteiger partial charge is 0.404 e. The predicted molar refractivity (Wildman–Crippen MR) is 83.3 cm³/mol. The number of amides is 2. The molecule has 1 saturated carbocycles. The molecule has 1 aliphatic rings. The molecular weight excluding hydrogens is 325 g/mol. The minimum absolute atomic E-state index is 0.0348. The Morgan fingerprint density at radius 3 is 2.83 bits per heavy atom. The Balaban J connectivity index is 1.59. The van der Waals surface area contributed by atoms with Gasteiger partial charge in [-0.2, -0.15) is 0 Å². The Kier molecular flexibility index (Phi) is 6.18. The first kappa shape index (κ1) is 17.5. The van der Waals surface area contributed by atoms with E-state index in [0.29, 0.717) is 18.0 Å². The molecule has 1 aromatic rings. The molecule has 126 valence electrons. The molecule has 0 heterocycles. The highest BCUT2D eigenvalue weighted by molar-refractivity contribution is 6.30. The average molecular weight is 344 g/mol. The van der Waals surface area contributed by atoms with Crippen LogP contribution in [-0.2, 0) is 16.1 Å². The molecule has 2 rings (SSSR count). The van der Waals surface area contributed by atoms with E-state index in [1.165, 1.54) is 6.07 Å². The molecule has 1 aliphatic carbocycles. The standard InChI is InChI=1S/C15H19ClFN3O3/c16-12-3-1-2-10(14(12)17)7-20-13(21)8-19-6-9-4-11(5-9)23-15(18)22/h1-3,9,11,19H,4-8H2,(H2,18,22)(H,20,21)/t9-,11-. The van der Waals surface area contributed by atoms with Gasteiger partial charge in [-0.1, -0.05) is 23.7 Å². The molecule has 0 unspecified atom stereocenters. The van der Waals surface area contributed by atoms with E-state index in [1.54, 1.807) is 12.1 Å². The molecule has 1 fully saturated rings. The first-order valence-corrected chi connectivity index (χ1v) is 7.70. The van der Waals surface area contributed by atoms with Crippen molar-refractivity contribution in [2.24, 2.45) is 11.7 Å². The lowest BCUT2D eigenvalue weighted by molar-refractivity contribution is -0.120. The number of halogens is 2. The molecule has 0 aliphatic heterocycles. The van der Waals surface area contributed by atoms with Crippen LogP contribution in [0.15, 0.2) is 18.2 Å². The molecule has 0 atom stereocenters. The van der Waals surface area contributed by atoms with Gasteiger partial charge in [-0.3, -0.25) is 4.79 Å². The SMILES string of the molecule is NC(=O)O[C@H]1C[C@H](CNCC(=O)NCc2cccc(Cl)c2F)C1. The second-order valence-electron chi connectivity index (χ2n) is 5.52. The molecule has 4 N–H and O–H groups in total. The second kappa shape index (κ2) is 8.12. The molecule has 0 bridgehead atoms. The Labute approximate surface area is 138 Å². The normalized spacial score (nSPS) is 19.7. The average Bonchev–Trinajstić information content (AvgIpc) is 2.45. The van der Waals surface area contributed by atoms with Crippen LogP contribution in [0.4, 0.5) is 9.18 Å². The number of nitrogens with two attached hydrogens (primary N) is 1. The number of benzene rings is 1. The van der Waals surface area contributed by atoms with Crippen LogP contribution in [-0.4, -0.2) is 31.2 Å². The summed E-state index contributed by atoms with van der Waals surface area (Å²) in [5, 5.41) is 5.68. The van der Waals surface area contributed by atoms with Crippen LogP contribution in [0, 0.1) is 11.7 Å². The summed E-state index contributed by atoms with van der Waals surface area (Å²) < 4.78 is 18.5. The van der Waals surface area contributed by atoms with Gasteiger partial charge in [-0.25, -0.2) is 9.18 Å². The predicted octanol–water partition coefficient (Wildman–Crippen LogP) is 1.56. The summed E-state index contributed by atoms with van der Waals surface area (Å²) in [6.45, 7) is 0.877. The van der Waals surface area contributed by atoms with E-state index in [0.717, 1.165) is 12.8 Å². The topological polar surface area (TPSA) is 93.5 Å². The van der Waals surface area contributed by atoms with Crippen LogP contribution in [0.3, 0.4) is 0 Å². The van der Waals surface area contributed by atoms with Gasteiger partial charge >= 0.3 is 6.09 Å². The fraction of sp³-hybridized carbons (Fsp3) is 0.467. The monoisotopic (exact) mass is 343 g/mol. The summed E-state index contributed by atoms with van der Waals surface area (Å²) in [6, 6.07) is 4.66. The van der Waals surface area contributed by atoms with Crippen molar-refractivity contribution in [3.63, 3.8) is 0 Å². The maximum absolute atomic E-state index is 13.6. The van der Waals surface area contributed by atoms with Gasteiger partial charge < -0.3 is 21.1 Å². The molecule has 8 heteroatoms. The van der Waals surface area contributed by atoms with E-state index in [2.05, 4.69) is 10.6 Å². The van der Waals surface area contributed by atoms with Gasteiger partial charge in [0.25, 0.3) is 0 Å². The highest BCUT2D eigenvalue weighted by Crippen LogP contribution is 2.29. The lowest BCUT2D eigenvalue weighted by atomic mass is 9.82. The lowest BCUT2D eigenvalue weighted by Gasteiger charge is -2.34. The molecular formula is C15H19ClFN3O3. The number of hydrogen-bond donors (Lipinski definition) is 3. The summed E-state index contributed by atoms with van der Waals surface area (Å²) in [6.07, 6.45) is 0.615. The van der Waals surface area contributed by atoms with Crippen LogP contribution >= 0.6 is 11.6 Å². The maximum atomic E-state index is 13.6. The minimum Gasteiger partial charge on any atom is -0.446 e. The van der Waals surface area contributed by atoms with Gasteiger partial charge in [0.2, 0.25) is 5.91 Å². The summed E-state index contributed by atoms with van der Waals surface area (Å²) in [5.74, 6) is -0.386. The Morgan fingerprint density at radius 2 is 2.13 bits per heavy atom. The van der Waals surface area contributed by atoms with Crippen molar-refractivity contribution in [2.75, 3.05) is 13.1 Å². The van der Waals surface area contributed by atoms with E-state index in [4.69, 9.17) is 22.1 Å². The third-order valence-electron chi connectivity index (χ3n) is 3.70. The van der Waals surface area contributed by atoms with Crippen molar-refractivity contribution in [3.05, 3.63) is 34.6 Å². The fourth-order valence-electron chi connectivity index (χ4n) is 2.43. The van der Waals surface area contributed by atoms with Crippen LogP contribution in [0.2, 0.25) is 5.02 Å². The molecule has 2 amide bonds. The van der Waals surface area contributed by atoms with Crippen LogP contribution in [0.25, 0.3) is 0 Å². The zero-order chi connectivity index (χ0) is 16.8. The largest absolute Gasteiger partial charge is 0.446 e. The Bertz CT molecular complexity index is 579. The van der Waals surface area contributed by atoms with Crippen molar-refractivity contribution in [3.8, 4) is 0 Å². The number of carbonyl (C=O) groups is 2. The fourth-order valence-corrected chi connectivity index (χ4v) is 2.63. The van der Waals surface area contributed by atoms with Gasteiger partial charge in [0, 0.05) is 12.1 Å². The minimum atomic E-state index is -0.756. The molecule has 0 aromatic heterocycles. The molecule has 1 aromatic carbocycles. The number of rotatable bonds is 7. The van der Waals surface area contributed by atoms with Gasteiger partial charge in [0.05, 0.1) is 11.6 Å². The van der Waals surface area contributed by atoms with Crippen molar-refractivity contribution in [1.29, 1.82) is 0 Å². The van der Waals surface area contributed by atoms with E-state index in [-0.39, 0.29) is 30.1 Å². The van der Waals surface area contributed by atoms with Crippen molar-refractivity contribution in [1.82, 2.24) is 10.6 Å². The molecule has 0 radical (unpaired) electrons. The van der Waals surface area contributed by atoms with Crippen LogP contribution < -0.4 is 16.4 Å². The van der Waals surface area contributed by atoms with Gasteiger partial charge in [-0.15, -0.1) is 0 Å². The van der Waals surface area contributed by atoms with Crippen LogP contribution in [0.5, 0.6) is 0 Å². The number of nitrogens with one attached hydrogen (secondary N) is 2. The van der Waals surface area contributed by atoms with E-state index in [1.807, 2.05) is 0 Å². The molecule has 23 heavy (non-hydrogen) atoms. The highest BCUT2D eigenvalue weighted by Gasteiger charge is 2.31. The van der Waals surface area contributed by atoms with Gasteiger partial charge in [0.1, 0.15) is 11.9 Å². The zero-order valence-electron chi connectivity index (χ0n) is 12.5. The molecule has 6 nitrogen and oxygen atoms in total. The quantitative estimate of drug-likeness (QED) is 0.700. The van der Waals surface area contributed by atoms with Crippen molar-refractivity contribution in [2.45, 2.75) is 25.5 Å². The number of carbonyl (C=O) groups excluding carboxylic acids is 2. The second-order valence-corrected chi connectivity index (χ2v) is 5.92. The number of hydrogen-bond acceptors (Lipinski definition) is 4. The molecule has 0 saturated heterocycles. The number of primary amides is 1. The Morgan fingerprint density at radius 1 is 1.39 bits per heavy atom. The van der Waals surface area contributed by atoms with E-state index in [9.17, 15) is 14.0 Å². The Hall–Kier alpha value is -1.86. The third kappa shape index (κ3) is 5.37. The van der Waals surface area contributed by atoms with Crippen LogP contribution in [0.1, 0.15) is 18.4 Å². The molecule has 0 spiro atoms. The highest BCUT2D eigenvalue weighted by atomic mass is 35.5. The van der Waals surface area contributed by atoms with Crippen molar-refractivity contribution < 1.29 is 18.7 Å². The van der Waals surface area contributed by atoms with Crippen molar-refractivity contribution >= 4 is 23.6 Å². The third-order valence-corrected chi connectivity index (χ3v) is 3.99.